The number of alkyl halides is 3. The maximum atomic E-state index is 14.5. The summed E-state index contributed by atoms with van der Waals surface area (Å²) in [5, 5.41) is 18.9. The zero-order chi connectivity index (χ0) is 26.6. The van der Waals surface area contributed by atoms with Gasteiger partial charge in [0.25, 0.3) is 0 Å². The highest BCUT2D eigenvalue weighted by Gasteiger charge is 2.65. The minimum Gasteiger partial charge on any atom is -0.493 e. The molecular weight excluding hydrogens is 491 g/mol. The van der Waals surface area contributed by atoms with E-state index in [1.165, 1.54) is 19.1 Å². The molecule has 0 amide bonds. The van der Waals surface area contributed by atoms with Gasteiger partial charge in [-0.1, -0.05) is 13.0 Å². The van der Waals surface area contributed by atoms with Crippen molar-refractivity contribution in [2.24, 2.45) is 5.92 Å². The van der Waals surface area contributed by atoms with Gasteiger partial charge in [0, 0.05) is 29.2 Å². The van der Waals surface area contributed by atoms with Crippen molar-refractivity contribution in [3.63, 3.8) is 0 Å². The van der Waals surface area contributed by atoms with Crippen molar-refractivity contribution in [1.29, 1.82) is 0 Å². The molecule has 194 valence electrons. The van der Waals surface area contributed by atoms with Crippen LogP contribution in [0.1, 0.15) is 48.9 Å². The van der Waals surface area contributed by atoms with Gasteiger partial charge in [-0.25, -0.2) is 9.37 Å². The zero-order valence-electron chi connectivity index (χ0n) is 19.4. The molecule has 3 aromatic rings. The van der Waals surface area contributed by atoms with Crippen LogP contribution < -0.4 is 10.2 Å². The third-order valence-corrected chi connectivity index (χ3v) is 6.85. The molecule has 1 saturated heterocycles. The van der Waals surface area contributed by atoms with Crippen LogP contribution in [-0.4, -0.2) is 45.7 Å². The highest BCUT2D eigenvalue weighted by molar-refractivity contribution is 5.74. The molecular formula is C24H23F5N2O5. The van der Waals surface area contributed by atoms with Crippen LogP contribution in [-0.2, 0) is 4.74 Å². The number of hydrogen-bond acceptors (Lipinski definition) is 6. The molecule has 3 heterocycles. The molecule has 1 aromatic carbocycles. The lowest BCUT2D eigenvalue weighted by molar-refractivity contribution is -0.275. The van der Waals surface area contributed by atoms with Crippen molar-refractivity contribution in [2.75, 3.05) is 13.7 Å². The number of aliphatic hydroxyl groups is 2. The number of methoxy groups -OCH3 is 1. The maximum Gasteiger partial charge on any atom is 0.417 e. The van der Waals surface area contributed by atoms with Crippen LogP contribution >= 0.6 is 0 Å². The van der Waals surface area contributed by atoms with Crippen molar-refractivity contribution in [1.82, 2.24) is 9.97 Å². The Labute approximate surface area is 201 Å². The number of rotatable bonds is 5. The molecule has 36 heavy (non-hydrogen) atoms. The Kier molecular flexibility index (Phi) is 6.56. The van der Waals surface area contributed by atoms with E-state index in [9.17, 15) is 31.9 Å². The number of nitrogens with one attached hydrogen (secondary N) is 1. The first-order chi connectivity index (χ1) is 16.8. The number of halogens is 5. The van der Waals surface area contributed by atoms with Crippen LogP contribution in [0.25, 0.3) is 11.0 Å². The van der Waals surface area contributed by atoms with E-state index in [2.05, 4.69) is 9.97 Å². The van der Waals surface area contributed by atoms with Crippen molar-refractivity contribution < 1.29 is 41.6 Å². The highest BCUT2D eigenvalue weighted by atomic mass is 19.4. The molecule has 4 rings (SSSR count). The molecule has 7 nitrogen and oxygen atoms in total. The van der Waals surface area contributed by atoms with Gasteiger partial charge in [0.15, 0.2) is 17.2 Å². The average molecular weight is 514 g/mol. The molecule has 0 unspecified atom stereocenters. The summed E-state index contributed by atoms with van der Waals surface area (Å²) in [4.78, 5) is 19.8. The van der Waals surface area contributed by atoms with Crippen molar-refractivity contribution in [2.45, 2.75) is 43.8 Å². The standard InChI is InChI=1S/C24H23F5N2O5/c1-10-18(11-4-5-12(25)19(26)21(11)35-3)22(36-23(10,2)24(27,28)29)15-8-16(33)20-14(30-15)7-6-13(31-20)17(34)9-32/h4-8,10,17-18,22,32,34H,9H2,1-3H3,(H,30,33)/t10-,17-,18-,22-,23+/m0/s1. The van der Waals surface area contributed by atoms with Crippen LogP contribution in [0.15, 0.2) is 35.1 Å². The summed E-state index contributed by atoms with van der Waals surface area (Å²) in [6.45, 7) is 1.51. The Morgan fingerprint density at radius 3 is 2.56 bits per heavy atom. The predicted molar refractivity (Wildman–Crippen MR) is 118 cm³/mol. The van der Waals surface area contributed by atoms with Crippen molar-refractivity contribution in [3.8, 4) is 5.75 Å². The summed E-state index contributed by atoms with van der Waals surface area (Å²) < 4.78 is 81.5. The van der Waals surface area contributed by atoms with Crippen LogP contribution in [0.4, 0.5) is 22.0 Å². The summed E-state index contributed by atoms with van der Waals surface area (Å²) in [6, 6.07) is 5.68. The Morgan fingerprint density at radius 2 is 1.94 bits per heavy atom. The van der Waals surface area contributed by atoms with Crippen LogP contribution in [0.3, 0.4) is 0 Å². The van der Waals surface area contributed by atoms with Gasteiger partial charge in [-0.3, -0.25) is 4.79 Å². The average Bonchev–Trinajstić information content (AvgIpc) is 3.11. The van der Waals surface area contributed by atoms with Gasteiger partial charge in [-0.05, 0) is 25.1 Å². The number of nitrogens with zero attached hydrogens (tertiary/aromatic N) is 1. The lowest BCUT2D eigenvalue weighted by Crippen LogP contribution is -2.46. The first kappa shape index (κ1) is 26.0. The second-order valence-corrected chi connectivity index (χ2v) is 8.86. The first-order valence-electron chi connectivity index (χ1n) is 10.9. The van der Waals surface area contributed by atoms with E-state index in [0.29, 0.717) is 0 Å². The second-order valence-electron chi connectivity index (χ2n) is 8.86. The van der Waals surface area contributed by atoms with Gasteiger partial charge in [0.05, 0.1) is 24.9 Å². The van der Waals surface area contributed by atoms with E-state index in [1.807, 2.05) is 0 Å². The number of aliphatic hydroxyl groups excluding tert-OH is 2. The molecule has 1 aliphatic rings. The number of hydrogen-bond donors (Lipinski definition) is 3. The lowest BCUT2D eigenvalue weighted by Gasteiger charge is -2.32. The number of fused-ring (bicyclic) bond motifs is 1. The molecule has 5 atom stereocenters. The smallest absolute Gasteiger partial charge is 0.417 e. The Hall–Kier alpha value is -3.09. The fourth-order valence-corrected chi connectivity index (χ4v) is 4.68. The molecule has 0 spiro atoms. The largest absolute Gasteiger partial charge is 0.493 e. The van der Waals surface area contributed by atoms with E-state index >= 15 is 0 Å². The highest BCUT2D eigenvalue weighted by Crippen LogP contribution is 2.59. The second kappa shape index (κ2) is 9.09. The van der Waals surface area contributed by atoms with E-state index < -0.39 is 65.2 Å². The summed E-state index contributed by atoms with van der Waals surface area (Å²) in [6.07, 6.45) is -7.59. The third kappa shape index (κ3) is 4.02. The topological polar surface area (TPSA) is 105 Å². The summed E-state index contributed by atoms with van der Waals surface area (Å²) in [5.41, 5.74) is -3.42. The summed E-state index contributed by atoms with van der Waals surface area (Å²) >= 11 is 0. The number of benzene rings is 1. The van der Waals surface area contributed by atoms with Gasteiger partial charge in [0.1, 0.15) is 17.7 Å². The maximum absolute atomic E-state index is 14.5. The SMILES string of the molecule is COc1c([C@H]2[C@H](c3cc(=O)c4nc([C@@H](O)CO)ccc4[nH]3)O[C@@](C)(C(F)(F)F)[C@H]2C)ccc(F)c1F. The fraction of sp³-hybridized carbons (Fsp3) is 0.417. The normalized spacial score (nSPS) is 25.3. The van der Waals surface area contributed by atoms with Crippen molar-refractivity contribution >= 4 is 11.0 Å². The number of pyridine rings is 2. The van der Waals surface area contributed by atoms with E-state index in [4.69, 9.17) is 14.6 Å². The van der Waals surface area contributed by atoms with Gasteiger partial charge in [0.2, 0.25) is 11.2 Å². The third-order valence-electron chi connectivity index (χ3n) is 6.85. The Bertz CT molecular complexity index is 1360. The molecule has 0 aliphatic carbocycles. The number of aromatic nitrogens is 2. The van der Waals surface area contributed by atoms with Gasteiger partial charge in [-0.15, -0.1) is 0 Å². The lowest BCUT2D eigenvalue weighted by atomic mass is 9.76. The molecule has 1 fully saturated rings. The van der Waals surface area contributed by atoms with E-state index in [0.717, 1.165) is 32.2 Å². The predicted octanol–water partition coefficient (Wildman–Crippen LogP) is 4.05. The van der Waals surface area contributed by atoms with Crippen LogP contribution in [0.2, 0.25) is 0 Å². The minimum atomic E-state index is -4.83. The van der Waals surface area contributed by atoms with E-state index in [1.54, 1.807) is 0 Å². The van der Waals surface area contributed by atoms with E-state index in [-0.39, 0.29) is 28.0 Å². The molecule has 3 N–H and O–H groups in total. The van der Waals surface area contributed by atoms with Gasteiger partial charge < -0.3 is 24.7 Å². The fourth-order valence-electron chi connectivity index (χ4n) is 4.68. The van der Waals surface area contributed by atoms with Crippen molar-refractivity contribution in [3.05, 3.63) is 69.1 Å². The van der Waals surface area contributed by atoms with Gasteiger partial charge >= 0.3 is 6.18 Å². The molecule has 1 aliphatic heterocycles. The molecule has 2 aromatic heterocycles. The monoisotopic (exact) mass is 514 g/mol. The number of aromatic amines is 1. The zero-order valence-corrected chi connectivity index (χ0v) is 19.4. The number of H-pyrrole nitrogens is 1. The molecule has 0 saturated carbocycles. The Balaban J connectivity index is 1.92. The first-order valence-corrected chi connectivity index (χ1v) is 10.9. The Morgan fingerprint density at radius 1 is 1.25 bits per heavy atom. The minimum absolute atomic E-state index is 0.0306. The van der Waals surface area contributed by atoms with Crippen LogP contribution in [0.5, 0.6) is 5.75 Å². The number of ether oxygens (including phenoxy) is 2. The summed E-state index contributed by atoms with van der Waals surface area (Å²) in [7, 11) is 1.07. The molecule has 0 bridgehead atoms. The molecule has 12 heteroatoms. The summed E-state index contributed by atoms with van der Waals surface area (Å²) in [5.74, 6) is -5.64. The molecule has 0 radical (unpaired) electrons. The van der Waals surface area contributed by atoms with Gasteiger partial charge in [-0.2, -0.15) is 17.6 Å². The van der Waals surface area contributed by atoms with Crippen LogP contribution in [0, 0.1) is 17.6 Å². The quantitative estimate of drug-likeness (QED) is 0.444.